The zero-order chi connectivity index (χ0) is 19.1. The number of nitriles is 1. The quantitative estimate of drug-likeness (QED) is 0.582. The van der Waals surface area contributed by atoms with E-state index in [1.165, 1.54) is 25.3 Å². The summed E-state index contributed by atoms with van der Waals surface area (Å²) in [7, 11) is 1.46. The zero-order valence-electron chi connectivity index (χ0n) is 13.9. The number of primary amides is 1. The van der Waals surface area contributed by atoms with Crippen molar-refractivity contribution in [1.29, 1.82) is 5.26 Å². The highest BCUT2D eigenvalue weighted by molar-refractivity contribution is 6.00. The van der Waals surface area contributed by atoms with Gasteiger partial charge in [-0.2, -0.15) is 5.26 Å². The number of ether oxygens (including phenoxy) is 2. The van der Waals surface area contributed by atoms with E-state index >= 15 is 0 Å². The van der Waals surface area contributed by atoms with Crippen LogP contribution in [0.2, 0.25) is 0 Å². The van der Waals surface area contributed by atoms with Gasteiger partial charge in [-0.15, -0.1) is 0 Å². The summed E-state index contributed by atoms with van der Waals surface area (Å²) in [5.41, 5.74) is 6.36. The first-order valence-corrected chi connectivity index (χ1v) is 7.49. The van der Waals surface area contributed by atoms with Crippen molar-refractivity contribution >= 4 is 18.0 Å². The van der Waals surface area contributed by atoms with Crippen molar-refractivity contribution in [3.05, 3.63) is 64.7 Å². The van der Waals surface area contributed by atoms with Gasteiger partial charge in [0, 0.05) is 0 Å². The van der Waals surface area contributed by atoms with Gasteiger partial charge in [-0.05, 0) is 41.5 Å². The summed E-state index contributed by atoms with van der Waals surface area (Å²) >= 11 is 0. The van der Waals surface area contributed by atoms with Gasteiger partial charge in [0.25, 0.3) is 5.91 Å². The number of nitrogens with two attached hydrogens (primary N) is 1. The van der Waals surface area contributed by atoms with E-state index in [1.54, 1.807) is 36.4 Å². The lowest BCUT2D eigenvalue weighted by atomic mass is 10.1. The smallest absolute Gasteiger partial charge is 0.335 e. The van der Waals surface area contributed by atoms with Crippen LogP contribution in [0.15, 0.2) is 48.0 Å². The minimum absolute atomic E-state index is 0.150. The van der Waals surface area contributed by atoms with Crippen LogP contribution in [-0.2, 0) is 11.4 Å². The van der Waals surface area contributed by atoms with Crippen molar-refractivity contribution in [3.8, 4) is 17.6 Å². The molecule has 0 fully saturated rings. The van der Waals surface area contributed by atoms with Crippen LogP contribution in [0.5, 0.6) is 11.5 Å². The Balaban J connectivity index is 2.20. The van der Waals surface area contributed by atoms with E-state index in [2.05, 4.69) is 0 Å². The molecule has 0 saturated heterocycles. The molecule has 2 aromatic carbocycles. The van der Waals surface area contributed by atoms with Crippen molar-refractivity contribution in [3.63, 3.8) is 0 Å². The average Bonchev–Trinajstić information content (AvgIpc) is 2.64. The molecule has 0 bridgehead atoms. The van der Waals surface area contributed by atoms with E-state index in [9.17, 15) is 9.59 Å². The molecule has 0 aliphatic heterocycles. The highest BCUT2D eigenvalue weighted by Crippen LogP contribution is 2.29. The molecule has 7 heteroatoms. The van der Waals surface area contributed by atoms with E-state index in [4.69, 9.17) is 25.6 Å². The first-order chi connectivity index (χ1) is 12.4. The number of methoxy groups -OCH3 is 1. The number of amides is 1. The van der Waals surface area contributed by atoms with Gasteiger partial charge in [-0.25, -0.2) is 4.79 Å². The Morgan fingerprint density at radius 2 is 2.00 bits per heavy atom. The number of hydrogen-bond donors (Lipinski definition) is 2. The topological polar surface area (TPSA) is 123 Å². The van der Waals surface area contributed by atoms with Gasteiger partial charge in [-0.3, -0.25) is 4.79 Å². The summed E-state index contributed by atoms with van der Waals surface area (Å²) in [6.07, 6.45) is 1.35. The summed E-state index contributed by atoms with van der Waals surface area (Å²) in [6.45, 7) is 0.150. The van der Waals surface area contributed by atoms with Crippen molar-refractivity contribution in [2.75, 3.05) is 7.11 Å². The SMILES string of the molecule is COc1cc(/C=C(\C#N)C(N)=O)ccc1OCc1cccc(C(=O)O)c1. The Kier molecular flexibility index (Phi) is 5.96. The van der Waals surface area contributed by atoms with Crippen LogP contribution >= 0.6 is 0 Å². The van der Waals surface area contributed by atoms with Gasteiger partial charge >= 0.3 is 5.97 Å². The molecule has 0 radical (unpaired) electrons. The number of benzene rings is 2. The monoisotopic (exact) mass is 352 g/mol. The van der Waals surface area contributed by atoms with E-state index in [0.29, 0.717) is 22.6 Å². The lowest BCUT2D eigenvalue weighted by Gasteiger charge is -2.12. The van der Waals surface area contributed by atoms with Gasteiger partial charge in [0.1, 0.15) is 18.2 Å². The van der Waals surface area contributed by atoms with Crippen LogP contribution in [0.1, 0.15) is 21.5 Å². The number of carbonyl (C=O) groups is 2. The van der Waals surface area contributed by atoms with Crippen molar-refractivity contribution in [1.82, 2.24) is 0 Å². The molecule has 132 valence electrons. The fourth-order valence-corrected chi connectivity index (χ4v) is 2.17. The molecule has 26 heavy (non-hydrogen) atoms. The molecular weight excluding hydrogens is 336 g/mol. The lowest BCUT2D eigenvalue weighted by Crippen LogP contribution is -2.12. The largest absolute Gasteiger partial charge is 0.493 e. The summed E-state index contributed by atoms with van der Waals surface area (Å²) in [5.74, 6) is -0.994. The van der Waals surface area contributed by atoms with E-state index in [0.717, 1.165) is 0 Å². The molecule has 0 saturated carbocycles. The van der Waals surface area contributed by atoms with Crippen LogP contribution < -0.4 is 15.2 Å². The van der Waals surface area contributed by atoms with Gasteiger partial charge in [0.2, 0.25) is 0 Å². The van der Waals surface area contributed by atoms with E-state index in [1.807, 2.05) is 0 Å². The highest BCUT2D eigenvalue weighted by atomic mass is 16.5. The van der Waals surface area contributed by atoms with Crippen molar-refractivity contribution < 1.29 is 24.2 Å². The second-order valence-corrected chi connectivity index (χ2v) is 5.24. The third kappa shape index (κ3) is 4.61. The maximum absolute atomic E-state index is 11.1. The third-order valence-corrected chi connectivity index (χ3v) is 3.45. The predicted molar refractivity (Wildman–Crippen MR) is 93.5 cm³/mol. The number of hydrogen-bond acceptors (Lipinski definition) is 5. The summed E-state index contributed by atoms with van der Waals surface area (Å²) in [6, 6.07) is 13.0. The number of nitrogens with zero attached hydrogens (tertiary/aromatic N) is 1. The molecule has 0 aliphatic carbocycles. The van der Waals surface area contributed by atoms with Gasteiger partial charge in [-0.1, -0.05) is 18.2 Å². The maximum Gasteiger partial charge on any atom is 0.335 e. The van der Waals surface area contributed by atoms with E-state index < -0.39 is 11.9 Å². The molecule has 0 aliphatic rings. The first-order valence-electron chi connectivity index (χ1n) is 7.49. The Labute approximate surface area is 149 Å². The normalized spacial score (nSPS) is 10.7. The van der Waals surface area contributed by atoms with Crippen LogP contribution in [0.3, 0.4) is 0 Å². The lowest BCUT2D eigenvalue weighted by molar-refractivity contribution is -0.114. The molecule has 2 aromatic rings. The molecule has 7 nitrogen and oxygen atoms in total. The Bertz CT molecular complexity index is 912. The van der Waals surface area contributed by atoms with Crippen LogP contribution in [-0.4, -0.2) is 24.1 Å². The van der Waals surface area contributed by atoms with Gasteiger partial charge in [0.05, 0.1) is 12.7 Å². The van der Waals surface area contributed by atoms with Crippen molar-refractivity contribution in [2.24, 2.45) is 5.73 Å². The molecule has 1 amide bonds. The van der Waals surface area contributed by atoms with Crippen LogP contribution in [0, 0.1) is 11.3 Å². The van der Waals surface area contributed by atoms with Crippen LogP contribution in [0.4, 0.5) is 0 Å². The predicted octanol–water partition coefficient (Wildman–Crippen LogP) is 2.36. The number of rotatable bonds is 7. The Morgan fingerprint density at radius 3 is 2.62 bits per heavy atom. The molecule has 0 aromatic heterocycles. The summed E-state index contributed by atoms with van der Waals surface area (Å²) < 4.78 is 11.0. The molecular formula is C19H16N2O5. The summed E-state index contributed by atoms with van der Waals surface area (Å²) in [5, 5.41) is 17.9. The molecule has 0 spiro atoms. The Hall–Kier alpha value is -3.79. The number of carboxylic acids is 1. The number of carbonyl (C=O) groups excluding carboxylic acids is 1. The Morgan fingerprint density at radius 1 is 1.23 bits per heavy atom. The number of carboxylic acid groups (broad SMARTS) is 1. The molecule has 0 atom stereocenters. The standard InChI is InChI=1S/C19H16N2O5/c1-25-17-9-12(7-15(10-20)18(21)22)5-6-16(17)26-11-13-3-2-4-14(8-13)19(23)24/h2-9H,11H2,1H3,(H2,21,22)(H,23,24)/b15-7+. The average molecular weight is 352 g/mol. The molecule has 3 N–H and O–H groups in total. The fourth-order valence-electron chi connectivity index (χ4n) is 2.17. The highest BCUT2D eigenvalue weighted by Gasteiger charge is 2.09. The molecule has 2 rings (SSSR count). The minimum atomic E-state index is -1.01. The zero-order valence-corrected chi connectivity index (χ0v) is 13.9. The second-order valence-electron chi connectivity index (χ2n) is 5.24. The van der Waals surface area contributed by atoms with Crippen LogP contribution in [0.25, 0.3) is 6.08 Å². The second kappa shape index (κ2) is 8.35. The maximum atomic E-state index is 11.1. The van der Waals surface area contributed by atoms with Gasteiger partial charge in [0.15, 0.2) is 11.5 Å². The number of aromatic carboxylic acids is 1. The first kappa shape index (κ1) is 18.5. The van der Waals surface area contributed by atoms with Crippen molar-refractivity contribution in [2.45, 2.75) is 6.61 Å². The minimum Gasteiger partial charge on any atom is -0.493 e. The molecule has 0 heterocycles. The molecule has 0 unspecified atom stereocenters. The van der Waals surface area contributed by atoms with Gasteiger partial charge < -0.3 is 20.3 Å². The summed E-state index contributed by atoms with van der Waals surface area (Å²) in [4.78, 5) is 22.1. The fraction of sp³-hybridized carbons (Fsp3) is 0.105. The third-order valence-electron chi connectivity index (χ3n) is 3.45. The van der Waals surface area contributed by atoms with E-state index in [-0.39, 0.29) is 17.7 Å².